The molecule has 62 valence electrons. The topological polar surface area (TPSA) is 38.9 Å². The normalized spacial score (nSPS) is 12.0. The molecule has 0 spiro atoms. The smallest absolute Gasteiger partial charge is 0.232 e. The Kier molecular flexibility index (Phi) is 2.18. The molecule has 1 aromatic heterocycles. The van der Waals surface area contributed by atoms with Crippen molar-refractivity contribution >= 4 is 11.6 Å². The van der Waals surface area contributed by atoms with E-state index in [2.05, 4.69) is 10.1 Å². The van der Waals surface area contributed by atoms with Gasteiger partial charge in [0.25, 0.3) is 0 Å². The van der Waals surface area contributed by atoms with E-state index in [1.165, 1.54) is 0 Å². The van der Waals surface area contributed by atoms with Gasteiger partial charge in [0.05, 0.1) is 5.88 Å². The van der Waals surface area contributed by atoms with Crippen LogP contribution in [0.2, 0.25) is 0 Å². The van der Waals surface area contributed by atoms with Gasteiger partial charge < -0.3 is 4.52 Å². The molecule has 0 aliphatic carbocycles. The van der Waals surface area contributed by atoms with Gasteiger partial charge in [-0.2, -0.15) is 4.98 Å². The second-order valence-corrected chi connectivity index (χ2v) is 3.67. The van der Waals surface area contributed by atoms with Crippen molar-refractivity contribution in [3.63, 3.8) is 0 Å². The van der Waals surface area contributed by atoms with Crippen molar-refractivity contribution in [1.82, 2.24) is 10.1 Å². The van der Waals surface area contributed by atoms with Crippen molar-refractivity contribution < 1.29 is 4.52 Å². The molecule has 4 heteroatoms. The molecule has 1 heterocycles. The predicted molar refractivity (Wildman–Crippen MR) is 42.6 cm³/mol. The molecular formula is C7H11ClN2O. The molecule has 0 atom stereocenters. The molecule has 0 fully saturated rings. The van der Waals surface area contributed by atoms with Crippen LogP contribution in [0.1, 0.15) is 32.5 Å². The van der Waals surface area contributed by atoms with Crippen LogP contribution < -0.4 is 0 Å². The summed E-state index contributed by atoms with van der Waals surface area (Å²) in [6, 6.07) is 0. The highest BCUT2D eigenvalue weighted by molar-refractivity contribution is 6.16. The summed E-state index contributed by atoms with van der Waals surface area (Å²) >= 11 is 5.51. The molecule has 0 saturated heterocycles. The van der Waals surface area contributed by atoms with Crippen molar-refractivity contribution in [2.75, 3.05) is 0 Å². The van der Waals surface area contributed by atoms with Crippen LogP contribution in [0.5, 0.6) is 0 Å². The first-order valence-corrected chi connectivity index (χ1v) is 3.96. The third-order valence-electron chi connectivity index (χ3n) is 1.23. The van der Waals surface area contributed by atoms with E-state index in [0.717, 1.165) is 0 Å². The fraction of sp³-hybridized carbons (Fsp3) is 0.714. The molecule has 1 aromatic rings. The lowest BCUT2D eigenvalue weighted by Crippen LogP contribution is -2.11. The van der Waals surface area contributed by atoms with E-state index in [9.17, 15) is 0 Å². The Morgan fingerprint density at radius 3 is 2.36 bits per heavy atom. The van der Waals surface area contributed by atoms with Crippen LogP contribution in [0.4, 0.5) is 0 Å². The minimum atomic E-state index is -0.0860. The second kappa shape index (κ2) is 2.81. The fourth-order valence-corrected chi connectivity index (χ4v) is 0.721. The van der Waals surface area contributed by atoms with Crippen LogP contribution in [0.3, 0.4) is 0 Å². The Morgan fingerprint density at radius 1 is 1.45 bits per heavy atom. The maximum Gasteiger partial charge on any atom is 0.232 e. The van der Waals surface area contributed by atoms with Crippen LogP contribution in [0, 0.1) is 0 Å². The van der Waals surface area contributed by atoms with Gasteiger partial charge in [0.2, 0.25) is 5.89 Å². The van der Waals surface area contributed by atoms with Crippen LogP contribution in [-0.4, -0.2) is 10.1 Å². The van der Waals surface area contributed by atoms with Gasteiger partial charge in [-0.05, 0) is 0 Å². The minimum Gasteiger partial charge on any atom is -0.339 e. The van der Waals surface area contributed by atoms with Gasteiger partial charge in [-0.3, -0.25) is 0 Å². The average molecular weight is 175 g/mol. The van der Waals surface area contributed by atoms with Gasteiger partial charge in [-0.1, -0.05) is 25.9 Å². The molecule has 0 saturated carbocycles. The summed E-state index contributed by atoms with van der Waals surface area (Å²) in [5.74, 6) is 1.49. The molecule has 0 aliphatic rings. The molecule has 11 heavy (non-hydrogen) atoms. The largest absolute Gasteiger partial charge is 0.339 e. The van der Waals surface area contributed by atoms with Crippen molar-refractivity contribution in [1.29, 1.82) is 0 Å². The monoisotopic (exact) mass is 174 g/mol. The van der Waals surface area contributed by atoms with Gasteiger partial charge >= 0.3 is 0 Å². The maximum atomic E-state index is 5.51. The third-order valence-corrected chi connectivity index (χ3v) is 1.47. The van der Waals surface area contributed by atoms with Crippen molar-refractivity contribution in [2.45, 2.75) is 32.1 Å². The summed E-state index contributed by atoms with van der Waals surface area (Å²) in [5.41, 5.74) is -0.0860. The molecular weight excluding hydrogens is 164 g/mol. The number of rotatable bonds is 1. The highest BCUT2D eigenvalue weighted by atomic mass is 35.5. The van der Waals surface area contributed by atoms with E-state index in [-0.39, 0.29) is 5.41 Å². The molecule has 3 nitrogen and oxygen atoms in total. The summed E-state index contributed by atoms with van der Waals surface area (Å²) in [6.45, 7) is 6.04. The van der Waals surface area contributed by atoms with Crippen molar-refractivity contribution in [2.24, 2.45) is 0 Å². The number of aromatic nitrogens is 2. The van der Waals surface area contributed by atoms with E-state index in [0.29, 0.717) is 17.6 Å². The Labute approximate surface area is 70.7 Å². The zero-order chi connectivity index (χ0) is 8.48. The lowest BCUT2D eigenvalue weighted by Gasteiger charge is -2.10. The summed E-state index contributed by atoms with van der Waals surface area (Å²) in [7, 11) is 0. The van der Waals surface area contributed by atoms with E-state index in [1.807, 2.05) is 20.8 Å². The van der Waals surface area contributed by atoms with Crippen LogP contribution in [0.25, 0.3) is 0 Å². The molecule has 0 aromatic carbocycles. The summed E-state index contributed by atoms with van der Waals surface area (Å²) in [6.07, 6.45) is 0. The minimum absolute atomic E-state index is 0.0860. The zero-order valence-corrected chi connectivity index (χ0v) is 7.64. The number of halogens is 1. The van der Waals surface area contributed by atoms with Crippen LogP contribution in [0.15, 0.2) is 4.52 Å². The third kappa shape index (κ3) is 1.93. The first-order chi connectivity index (χ1) is 5.04. The summed E-state index contributed by atoms with van der Waals surface area (Å²) in [4.78, 5) is 4.09. The van der Waals surface area contributed by atoms with E-state index in [1.54, 1.807) is 0 Å². The molecule has 0 amide bonds. The molecule has 0 aliphatic heterocycles. The summed E-state index contributed by atoms with van der Waals surface area (Å²) in [5, 5.41) is 3.68. The van der Waals surface area contributed by atoms with Crippen LogP contribution >= 0.6 is 11.6 Å². The van der Waals surface area contributed by atoms with Crippen LogP contribution in [-0.2, 0) is 11.3 Å². The Hall–Kier alpha value is -0.570. The Bertz CT molecular complexity index is 239. The highest BCUT2D eigenvalue weighted by Gasteiger charge is 2.21. The highest BCUT2D eigenvalue weighted by Crippen LogP contribution is 2.19. The van der Waals surface area contributed by atoms with E-state index >= 15 is 0 Å². The lowest BCUT2D eigenvalue weighted by atomic mass is 9.97. The van der Waals surface area contributed by atoms with Crippen molar-refractivity contribution in [3.05, 3.63) is 11.7 Å². The quantitative estimate of drug-likeness (QED) is 0.613. The van der Waals surface area contributed by atoms with Crippen molar-refractivity contribution in [3.8, 4) is 0 Å². The number of nitrogens with zero attached hydrogens (tertiary/aromatic N) is 2. The van der Waals surface area contributed by atoms with E-state index in [4.69, 9.17) is 16.1 Å². The maximum absolute atomic E-state index is 5.51. The Balaban J connectivity index is 2.89. The lowest BCUT2D eigenvalue weighted by molar-refractivity contribution is 0.319. The number of hydrogen-bond acceptors (Lipinski definition) is 3. The molecule has 1 rings (SSSR count). The SMILES string of the molecule is CC(C)(C)c1nc(CCl)no1. The number of alkyl halides is 1. The molecule has 0 radical (unpaired) electrons. The number of hydrogen-bond donors (Lipinski definition) is 0. The van der Waals surface area contributed by atoms with E-state index < -0.39 is 0 Å². The summed E-state index contributed by atoms with van der Waals surface area (Å²) < 4.78 is 4.97. The first-order valence-electron chi connectivity index (χ1n) is 3.43. The van der Waals surface area contributed by atoms with Gasteiger partial charge in [-0.25, -0.2) is 0 Å². The van der Waals surface area contributed by atoms with Gasteiger partial charge in [0.1, 0.15) is 0 Å². The Morgan fingerprint density at radius 2 is 2.09 bits per heavy atom. The van der Waals surface area contributed by atoms with Gasteiger partial charge in [-0.15, -0.1) is 11.6 Å². The standard InChI is InChI=1S/C7H11ClN2O/c1-7(2,3)6-9-5(4-8)10-11-6/h4H2,1-3H3. The zero-order valence-electron chi connectivity index (χ0n) is 6.89. The molecule has 0 N–H and O–H groups in total. The average Bonchev–Trinajstić information content (AvgIpc) is 2.32. The first kappa shape index (κ1) is 8.53. The molecule has 0 unspecified atom stereocenters. The van der Waals surface area contributed by atoms with Gasteiger partial charge in [0, 0.05) is 5.41 Å². The predicted octanol–water partition coefficient (Wildman–Crippen LogP) is 2.11. The fourth-order valence-electron chi connectivity index (χ4n) is 0.613. The molecule has 0 bridgehead atoms. The second-order valence-electron chi connectivity index (χ2n) is 3.40. The van der Waals surface area contributed by atoms with Gasteiger partial charge in [0.15, 0.2) is 5.82 Å².